The lowest BCUT2D eigenvalue weighted by atomic mass is 9.96. The van der Waals surface area contributed by atoms with E-state index in [-0.39, 0.29) is 6.54 Å². The standard InChI is InChI=1S/C13H15F3N2O3/c1-12(21,9-5-3-2-4-6-9)7-17-10(19)11(20)18-8-13(14,15)16/h2-6,21H,7-8H2,1H3,(H,17,19)(H,18,20)/t12-/m1/s1. The van der Waals surface area contributed by atoms with Crippen LogP contribution in [0.5, 0.6) is 0 Å². The molecule has 1 aromatic rings. The smallest absolute Gasteiger partial charge is 0.384 e. The highest BCUT2D eigenvalue weighted by atomic mass is 19.4. The molecule has 1 rings (SSSR count). The molecule has 8 heteroatoms. The first kappa shape index (κ1) is 17.0. The number of halogens is 3. The van der Waals surface area contributed by atoms with Crippen molar-refractivity contribution in [3.63, 3.8) is 0 Å². The topological polar surface area (TPSA) is 78.4 Å². The second-order valence-corrected chi connectivity index (χ2v) is 4.62. The van der Waals surface area contributed by atoms with E-state index in [1.54, 1.807) is 30.3 Å². The van der Waals surface area contributed by atoms with Gasteiger partial charge in [-0.25, -0.2) is 0 Å². The molecule has 0 unspecified atom stereocenters. The van der Waals surface area contributed by atoms with Gasteiger partial charge < -0.3 is 15.7 Å². The van der Waals surface area contributed by atoms with Crippen LogP contribution in [0.3, 0.4) is 0 Å². The van der Waals surface area contributed by atoms with Crippen LogP contribution in [0.15, 0.2) is 30.3 Å². The summed E-state index contributed by atoms with van der Waals surface area (Å²) in [6, 6.07) is 8.35. The second kappa shape index (κ2) is 6.57. The highest BCUT2D eigenvalue weighted by molar-refractivity contribution is 6.35. The zero-order valence-corrected chi connectivity index (χ0v) is 11.2. The van der Waals surface area contributed by atoms with Crippen LogP contribution in [0.2, 0.25) is 0 Å². The number of rotatable bonds is 4. The fraction of sp³-hybridized carbons (Fsp3) is 0.385. The molecule has 0 aliphatic carbocycles. The Bertz CT molecular complexity index is 501. The fourth-order valence-corrected chi connectivity index (χ4v) is 1.49. The minimum absolute atomic E-state index is 0.310. The molecule has 0 fully saturated rings. The molecule has 0 bridgehead atoms. The summed E-state index contributed by atoms with van der Waals surface area (Å²) >= 11 is 0. The van der Waals surface area contributed by atoms with Crippen LogP contribution in [0.1, 0.15) is 12.5 Å². The van der Waals surface area contributed by atoms with Crippen LogP contribution >= 0.6 is 0 Å². The molecule has 21 heavy (non-hydrogen) atoms. The summed E-state index contributed by atoms with van der Waals surface area (Å²) in [6.45, 7) is -0.486. The third-order valence-electron chi connectivity index (χ3n) is 2.64. The van der Waals surface area contributed by atoms with Crippen LogP contribution in [0.4, 0.5) is 13.2 Å². The van der Waals surface area contributed by atoms with E-state index >= 15 is 0 Å². The van der Waals surface area contributed by atoms with Crippen LogP contribution < -0.4 is 10.6 Å². The number of aliphatic hydroxyl groups is 1. The highest BCUT2D eigenvalue weighted by Gasteiger charge is 2.30. The molecule has 0 radical (unpaired) electrons. The van der Waals surface area contributed by atoms with Crippen LogP contribution in [-0.4, -0.2) is 36.2 Å². The summed E-state index contributed by atoms with van der Waals surface area (Å²) in [5, 5.41) is 13.7. The maximum absolute atomic E-state index is 11.9. The average Bonchev–Trinajstić information content (AvgIpc) is 2.42. The maximum atomic E-state index is 11.9. The Morgan fingerprint density at radius 1 is 1.05 bits per heavy atom. The summed E-state index contributed by atoms with van der Waals surface area (Å²) in [5.74, 6) is -2.65. The number of hydrogen-bond donors (Lipinski definition) is 3. The molecule has 0 aliphatic rings. The van der Waals surface area contributed by atoms with Gasteiger partial charge in [-0.2, -0.15) is 13.2 Å². The lowest BCUT2D eigenvalue weighted by Gasteiger charge is -2.24. The molecule has 0 heterocycles. The van der Waals surface area contributed by atoms with Crippen molar-refractivity contribution in [2.45, 2.75) is 18.7 Å². The number of nitrogens with one attached hydrogen (secondary N) is 2. The Morgan fingerprint density at radius 2 is 1.52 bits per heavy atom. The lowest BCUT2D eigenvalue weighted by Crippen LogP contribution is -2.47. The number of hydrogen-bond acceptors (Lipinski definition) is 3. The summed E-state index contributed by atoms with van der Waals surface area (Å²) < 4.78 is 35.7. The molecule has 0 aromatic heterocycles. The summed E-state index contributed by atoms with van der Waals surface area (Å²) in [5.41, 5.74) is -0.942. The molecule has 0 aliphatic heterocycles. The molecule has 3 N–H and O–H groups in total. The Labute approximate surface area is 119 Å². The van der Waals surface area contributed by atoms with E-state index in [1.165, 1.54) is 12.2 Å². The molecular formula is C13H15F3N2O3. The van der Waals surface area contributed by atoms with Crippen molar-refractivity contribution in [3.8, 4) is 0 Å². The molecule has 0 spiro atoms. The molecule has 116 valence electrons. The first-order valence-electron chi connectivity index (χ1n) is 6.02. The number of alkyl halides is 3. The van der Waals surface area contributed by atoms with Gasteiger partial charge >= 0.3 is 18.0 Å². The van der Waals surface area contributed by atoms with Gasteiger partial charge in [0.1, 0.15) is 12.1 Å². The molecule has 1 aromatic carbocycles. The van der Waals surface area contributed by atoms with Gasteiger partial charge in [0.25, 0.3) is 0 Å². The Hall–Kier alpha value is -2.09. The van der Waals surface area contributed by atoms with Gasteiger partial charge in [-0.15, -0.1) is 0 Å². The quantitative estimate of drug-likeness (QED) is 0.716. The van der Waals surface area contributed by atoms with Crippen molar-refractivity contribution >= 4 is 11.8 Å². The molecule has 0 saturated carbocycles. The molecule has 0 saturated heterocycles. The predicted molar refractivity (Wildman–Crippen MR) is 68.1 cm³/mol. The minimum atomic E-state index is -4.59. The summed E-state index contributed by atoms with van der Waals surface area (Å²) in [6.07, 6.45) is -4.59. The lowest BCUT2D eigenvalue weighted by molar-refractivity contribution is -0.146. The SMILES string of the molecule is C[C@@](O)(CNC(=O)C(=O)NCC(F)(F)F)c1ccccc1. The van der Waals surface area contributed by atoms with Gasteiger partial charge in [0, 0.05) is 0 Å². The average molecular weight is 304 g/mol. The van der Waals surface area contributed by atoms with Crippen LogP contribution in [-0.2, 0) is 15.2 Å². The van der Waals surface area contributed by atoms with Crippen molar-refractivity contribution in [1.29, 1.82) is 0 Å². The largest absolute Gasteiger partial charge is 0.405 e. The van der Waals surface area contributed by atoms with Crippen molar-refractivity contribution in [2.24, 2.45) is 0 Å². The number of carbonyl (C=O) groups is 2. The monoisotopic (exact) mass is 304 g/mol. The van der Waals surface area contributed by atoms with E-state index in [0.717, 1.165) is 0 Å². The Kier molecular flexibility index (Phi) is 5.31. The summed E-state index contributed by atoms with van der Waals surface area (Å²) in [4.78, 5) is 22.5. The maximum Gasteiger partial charge on any atom is 0.405 e. The number of amides is 2. The van der Waals surface area contributed by atoms with E-state index in [9.17, 15) is 27.9 Å². The molecule has 5 nitrogen and oxygen atoms in total. The van der Waals surface area contributed by atoms with E-state index in [2.05, 4.69) is 5.32 Å². The van der Waals surface area contributed by atoms with Crippen molar-refractivity contribution in [1.82, 2.24) is 10.6 Å². The van der Waals surface area contributed by atoms with Crippen LogP contribution in [0.25, 0.3) is 0 Å². The third-order valence-corrected chi connectivity index (χ3v) is 2.64. The Morgan fingerprint density at radius 3 is 2.00 bits per heavy atom. The van der Waals surface area contributed by atoms with E-state index in [0.29, 0.717) is 5.56 Å². The highest BCUT2D eigenvalue weighted by Crippen LogP contribution is 2.18. The fourth-order valence-electron chi connectivity index (χ4n) is 1.49. The van der Waals surface area contributed by atoms with Crippen molar-refractivity contribution in [3.05, 3.63) is 35.9 Å². The van der Waals surface area contributed by atoms with Gasteiger partial charge in [0.15, 0.2) is 0 Å². The van der Waals surface area contributed by atoms with Gasteiger partial charge in [-0.05, 0) is 12.5 Å². The Balaban J connectivity index is 2.51. The van der Waals surface area contributed by atoms with Crippen molar-refractivity contribution < 1.29 is 27.9 Å². The summed E-state index contributed by atoms with van der Waals surface area (Å²) in [7, 11) is 0. The third kappa shape index (κ3) is 5.82. The van der Waals surface area contributed by atoms with Gasteiger partial charge in [0.2, 0.25) is 0 Å². The van der Waals surface area contributed by atoms with Gasteiger partial charge in [-0.1, -0.05) is 30.3 Å². The van der Waals surface area contributed by atoms with Gasteiger partial charge in [0.05, 0.1) is 6.54 Å². The first-order chi connectivity index (χ1) is 9.62. The molecule has 2 amide bonds. The zero-order valence-electron chi connectivity index (χ0n) is 11.2. The number of benzene rings is 1. The molecule has 1 atom stereocenters. The van der Waals surface area contributed by atoms with Gasteiger partial charge in [-0.3, -0.25) is 9.59 Å². The van der Waals surface area contributed by atoms with Crippen LogP contribution in [0, 0.1) is 0 Å². The first-order valence-corrected chi connectivity index (χ1v) is 6.02. The normalized spacial score (nSPS) is 14.1. The second-order valence-electron chi connectivity index (χ2n) is 4.62. The predicted octanol–water partition coefficient (Wildman–Crippen LogP) is 0.689. The van der Waals surface area contributed by atoms with Crippen molar-refractivity contribution in [2.75, 3.05) is 13.1 Å². The number of carbonyl (C=O) groups excluding carboxylic acids is 2. The minimum Gasteiger partial charge on any atom is -0.384 e. The van der Waals surface area contributed by atoms with E-state index in [4.69, 9.17) is 0 Å². The van der Waals surface area contributed by atoms with E-state index in [1.807, 2.05) is 0 Å². The zero-order chi connectivity index (χ0) is 16.1. The van der Waals surface area contributed by atoms with E-state index < -0.39 is 30.1 Å². The molecular weight excluding hydrogens is 289 g/mol.